The van der Waals surface area contributed by atoms with Gasteiger partial charge in [-0.15, -0.1) is 0 Å². The summed E-state index contributed by atoms with van der Waals surface area (Å²) in [7, 11) is 0. The molecule has 11 rings (SSSR count). The third-order valence-corrected chi connectivity index (χ3v) is 16.1. The minimum absolute atomic E-state index is 0.0937. The zero-order chi connectivity index (χ0) is 42.0. The molecule has 61 heavy (non-hydrogen) atoms. The van der Waals surface area contributed by atoms with Gasteiger partial charge in [0.25, 0.3) is 0 Å². The van der Waals surface area contributed by atoms with Gasteiger partial charge in [0.2, 0.25) is 0 Å². The van der Waals surface area contributed by atoms with Crippen LogP contribution in [-0.2, 0) is 33.1 Å². The number of aromatic nitrogens is 4. The molecule has 6 aromatic rings. The van der Waals surface area contributed by atoms with E-state index in [0.29, 0.717) is 19.1 Å². The standard InChI is InChI=1S/C27H33FN2O2.C25H27FN2O/c1-3-27-13-12-26(31,18-32-4-2)16-21(27)7-5-6-19-15-25-20(14-24(19)27)17-29-30(25)23-10-8-22(28)9-11-23;1-2-25-11-10-24(16-29-24)14-19(25)5-3-4-17-13-23-18(12-22(17)25)15-27-28(23)21-8-6-20(26)7-9-21/h8-11,14-15,17,21,31H,3-7,12-13,16,18H2,1-2H3;6-9,12-13,15,19H,2-5,10-11,14,16H2,1H3/t21-,26+,27-;19-,24+,25-/m11/s1. The van der Waals surface area contributed by atoms with Crippen LogP contribution in [0.5, 0.6) is 0 Å². The van der Waals surface area contributed by atoms with Crippen molar-refractivity contribution in [2.45, 2.75) is 133 Å². The van der Waals surface area contributed by atoms with Gasteiger partial charge in [-0.1, -0.05) is 13.8 Å². The van der Waals surface area contributed by atoms with Gasteiger partial charge in [0.05, 0.1) is 59.2 Å². The summed E-state index contributed by atoms with van der Waals surface area (Å²) in [5.74, 6) is 0.716. The highest BCUT2D eigenvalue weighted by molar-refractivity contribution is 5.83. The van der Waals surface area contributed by atoms with Crippen molar-refractivity contribution in [1.82, 2.24) is 19.6 Å². The fourth-order valence-corrected chi connectivity index (χ4v) is 12.6. The molecular weight excluding hydrogens is 767 g/mol. The lowest BCUT2D eigenvalue weighted by Gasteiger charge is -2.50. The number of halogens is 2. The van der Waals surface area contributed by atoms with Crippen LogP contribution in [0.3, 0.4) is 0 Å². The molecule has 1 spiro atoms. The molecular formula is C52H60F2N4O3. The van der Waals surface area contributed by atoms with Gasteiger partial charge in [0.1, 0.15) is 11.6 Å². The Labute approximate surface area is 358 Å². The normalized spacial score (nSPS) is 29.1. The molecule has 7 nitrogen and oxygen atoms in total. The summed E-state index contributed by atoms with van der Waals surface area (Å²) in [6.07, 6.45) is 19.4. The topological polar surface area (TPSA) is 77.6 Å². The SMILES string of the molecule is CCOC[C@]1(O)CC[C@@]2(CC)c3cc4cnn(-c5ccc(F)cc5)c4cc3CCC[C@@H]2C1.CC[C@@]12CC[C@@]3(CO3)C[C@H]1CCCc1cc3c(cnn3-c3ccc(F)cc3)cc12. The monoisotopic (exact) mass is 826 g/mol. The maximum Gasteiger partial charge on any atom is 0.123 e. The average Bonchev–Trinajstić information content (AvgIpc) is 3.81. The van der Waals surface area contributed by atoms with Crippen molar-refractivity contribution in [1.29, 1.82) is 0 Å². The second kappa shape index (κ2) is 15.7. The second-order valence-electron chi connectivity index (χ2n) is 19.1. The number of fused-ring (bicyclic) bond motifs is 8. The number of aryl methyl sites for hydroxylation is 2. The molecule has 3 fully saturated rings. The number of rotatable bonds is 7. The molecule has 1 saturated heterocycles. The lowest BCUT2D eigenvalue weighted by molar-refractivity contribution is -0.0975. The van der Waals surface area contributed by atoms with E-state index in [1.54, 1.807) is 29.8 Å². The van der Waals surface area contributed by atoms with E-state index in [2.05, 4.69) is 48.3 Å². The Morgan fingerprint density at radius 3 is 1.66 bits per heavy atom. The van der Waals surface area contributed by atoms with Gasteiger partial charge >= 0.3 is 0 Å². The van der Waals surface area contributed by atoms with Gasteiger partial charge in [0, 0.05) is 17.4 Å². The first-order valence-electron chi connectivity index (χ1n) is 23.1. The highest BCUT2D eigenvalue weighted by Gasteiger charge is 2.56. The minimum Gasteiger partial charge on any atom is -0.387 e. The maximum absolute atomic E-state index is 13.4. The summed E-state index contributed by atoms with van der Waals surface area (Å²) >= 11 is 0. The van der Waals surface area contributed by atoms with Gasteiger partial charge in [-0.3, -0.25) is 0 Å². The predicted molar refractivity (Wildman–Crippen MR) is 237 cm³/mol. The van der Waals surface area contributed by atoms with E-state index in [1.165, 1.54) is 84.9 Å². The van der Waals surface area contributed by atoms with Crippen LogP contribution in [0.4, 0.5) is 8.78 Å². The molecule has 3 heterocycles. The van der Waals surface area contributed by atoms with Crippen molar-refractivity contribution in [2.75, 3.05) is 19.8 Å². The maximum atomic E-state index is 13.4. The molecule has 4 aliphatic carbocycles. The minimum atomic E-state index is -0.707. The number of aliphatic hydroxyl groups is 1. The first-order valence-corrected chi connectivity index (χ1v) is 23.1. The molecule has 6 atom stereocenters. The summed E-state index contributed by atoms with van der Waals surface area (Å²) in [6.45, 7) is 8.73. The largest absolute Gasteiger partial charge is 0.387 e. The van der Waals surface area contributed by atoms with Crippen LogP contribution in [0.2, 0.25) is 0 Å². The van der Waals surface area contributed by atoms with Gasteiger partial charge in [0.15, 0.2) is 0 Å². The number of hydrogen-bond acceptors (Lipinski definition) is 5. The summed E-state index contributed by atoms with van der Waals surface area (Å²) < 4.78 is 42.2. The Hall–Kier alpha value is -4.44. The molecule has 2 aromatic heterocycles. The van der Waals surface area contributed by atoms with Crippen LogP contribution in [0.25, 0.3) is 33.2 Å². The lowest BCUT2D eigenvalue weighted by Crippen LogP contribution is -2.49. The smallest absolute Gasteiger partial charge is 0.123 e. The van der Waals surface area contributed by atoms with E-state index in [9.17, 15) is 13.9 Å². The molecule has 1 aliphatic heterocycles. The quantitative estimate of drug-likeness (QED) is 0.162. The molecule has 0 amide bonds. The number of benzene rings is 4. The Bertz CT molecular complexity index is 2540. The van der Waals surface area contributed by atoms with Crippen LogP contribution in [0, 0.1) is 23.5 Å². The van der Waals surface area contributed by atoms with Crippen LogP contribution >= 0.6 is 0 Å². The zero-order valence-corrected chi connectivity index (χ0v) is 36.1. The summed E-state index contributed by atoms with van der Waals surface area (Å²) in [5.41, 5.74) is 9.75. The van der Waals surface area contributed by atoms with E-state index in [1.807, 2.05) is 28.7 Å². The first-order chi connectivity index (χ1) is 29.6. The summed E-state index contributed by atoms with van der Waals surface area (Å²) in [5, 5.41) is 22.8. The van der Waals surface area contributed by atoms with Crippen LogP contribution in [0.1, 0.15) is 120 Å². The average molecular weight is 827 g/mol. The number of hydrogen-bond donors (Lipinski definition) is 1. The highest BCUT2D eigenvalue weighted by Crippen LogP contribution is 2.58. The van der Waals surface area contributed by atoms with Crippen molar-refractivity contribution in [3.8, 4) is 11.4 Å². The second-order valence-corrected chi connectivity index (χ2v) is 19.1. The number of epoxide rings is 1. The van der Waals surface area contributed by atoms with Crippen molar-refractivity contribution in [3.05, 3.63) is 119 Å². The Morgan fingerprint density at radius 2 is 1.18 bits per heavy atom. The predicted octanol–water partition coefficient (Wildman–Crippen LogP) is 11.4. The Morgan fingerprint density at radius 1 is 0.689 bits per heavy atom. The van der Waals surface area contributed by atoms with E-state index in [-0.39, 0.29) is 28.1 Å². The van der Waals surface area contributed by atoms with E-state index in [0.717, 1.165) is 91.7 Å². The van der Waals surface area contributed by atoms with Gasteiger partial charge in [-0.2, -0.15) is 10.2 Å². The van der Waals surface area contributed by atoms with Crippen molar-refractivity contribution >= 4 is 21.8 Å². The molecule has 1 N–H and O–H groups in total. The lowest BCUT2D eigenvalue weighted by atomic mass is 9.57. The molecule has 0 radical (unpaired) electrons. The van der Waals surface area contributed by atoms with Crippen LogP contribution < -0.4 is 0 Å². The first kappa shape index (κ1) is 40.6. The molecule has 0 unspecified atom stereocenters. The number of nitrogens with zero attached hydrogens (tertiary/aromatic N) is 4. The van der Waals surface area contributed by atoms with Crippen LogP contribution in [0.15, 0.2) is 85.2 Å². The fourth-order valence-electron chi connectivity index (χ4n) is 12.6. The third-order valence-electron chi connectivity index (χ3n) is 16.1. The van der Waals surface area contributed by atoms with Gasteiger partial charge < -0.3 is 14.6 Å². The van der Waals surface area contributed by atoms with Gasteiger partial charge in [-0.05, 0) is 215 Å². The van der Waals surface area contributed by atoms with E-state index >= 15 is 0 Å². The molecule has 0 bridgehead atoms. The third kappa shape index (κ3) is 7.13. The van der Waals surface area contributed by atoms with Crippen LogP contribution in [-0.4, -0.2) is 55.7 Å². The summed E-state index contributed by atoms with van der Waals surface area (Å²) in [6, 6.07) is 22.6. The molecule has 2 saturated carbocycles. The highest BCUT2D eigenvalue weighted by atomic mass is 19.1. The van der Waals surface area contributed by atoms with E-state index < -0.39 is 5.60 Å². The molecule has 5 aliphatic rings. The van der Waals surface area contributed by atoms with Crippen molar-refractivity contribution < 1.29 is 23.4 Å². The summed E-state index contributed by atoms with van der Waals surface area (Å²) in [4.78, 5) is 0. The van der Waals surface area contributed by atoms with Crippen molar-refractivity contribution in [2.24, 2.45) is 11.8 Å². The number of ether oxygens (including phenoxy) is 2. The Balaban J connectivity index is 0.000000147. The molecule has 320 valence electrons. The van der Waals surface area contributed by atoms with E-state index in [4.69, 9.17) is 9.47 Å². The molecule has 9 heteroatoms. The van der Waals surface area contributed by atoms with Crippen molar-refractivity contribution in [3.63, 3.8) is 0 Å². The fraction of sp³-hybridized carbons (Fsp3) is 0.500. The zero-order valence-electron chi connectivity index (χ0n) is 36.1. The van der Waals surface area contributed by atoms with Gasteiger partial charge in [-0.25, -0.2) is 18.1 Å². The molecule has 4 aromatic carbocycles. The Kier molecular flexibility index (Phi) is 10.5.